The topological polar surface area (TPSA) is 76.1 Å². The van der Waals surface area contributed by atoms with Gasteiger partial charge in [0.25, 0.3) is 10.1 Å². The van der Waals surface area contributed by atoms with E-state index in [0.29, 0.717) is 12.8 Å². The normalized spacial score (nSPS) is 31.5. The minimum atomic E-state index is -3.45. The van der Waals surface area contributed by atoms with Gasteiger partial charge in [-0.2, -0.15) is 8.42 Å². The van der Waals surface area contributed by atoms with Crippen molar-refractivity contribution in [2.45, 2.75) is 49.7 Å². The molecule has 146 valence electrons. The number of likely N-dealkylation sites (N-methyl/N-ethyl adjacent to an activating group) is 1. The van der Waals surface area contributed by atoms with E-state index in [-0.39, 0.29) is 12.6 Å². The summed E-state index contributed by atoms with van der Waals surface area (Å²) in [5.74, 6) is 0.781. The average Bonchev–Trinajstić information content (AvgIpc) is 2.55. The van der Waals surface area contributed by atoms with E-state index in [1.165, 1.54) is 5.56 Å². The molecule has 3 rings (SSSR count). The second-order valence-electron chi connectivity index (χ2n) is 7.83. The lowest BCUT2D eigenvalue weighted by molar-refractivity contribution is -0.131. The third kappa shape index (κ3) is 3.26. The molecule has 1 N–H and O–H groups in total. The van der Waals surface area contributed by atoms with Crippen molar-refractivity contribution in [3.63, 3.8) is 0 Å². The molecular weight excluding hydrogens is 354 g/mol. The molecule has 1 aromatic rings. The van der Waals surface area contributed by atoms with Gasteiger partial charge in [-0.15, -0.1) is 0 Å². The molecule has 6 nitrogen and oxygen atoms in total. The van der Waals surface area contributed by atoms with Crippen molar-refractivity contribution in [1.82, 2.24) is 4.90 Å². The van der Waals surface area contributed by atoms with E-state index in [2.05, 4.69) is 18.0 Å². The van der Waals surface area contributed by atoms with Crippen molar-refractivity contribution in [2.24, 2.45) is 0 Å². The Morgan fingerprint density at radius 2 is 2.12 bits per heavy atom. The van der Waals surface area contributed by atoms with E-state index < -0.39 is 21.1 Å². The van der Waals surface area contributed by atoms with Crippen LogP contribution in [-0.2, 0) is 26.1 Å². The molecule has 2 aliphatic rings. The molecule has 0 spiro atoms. The van der Waals surface area contributed by atoms with Crippen LogP contribution in [0.1, 0.15) is 37.3 Å². The monoisotopic (exact) mass is 383 g/mol. The van der Waals surface area contributed by atoms with Crippen LogP contribution in [0.2, 0.25) is 0 Å². The third-order valence-electron chi connectivity index (χ3n) is 6.33. The quantitative estimate of drug-likeness (QED) is 0.595. The van der Waals surface area contributed by atoms with Crippen LogP contribution in [0.3, 0.4) is 0 Å². The molecule has 1 aromatic carbocycles. The number of rotatable bonds is 6. The van der Waals surface area contributed by atoms with Gasteiger partial charge < -0.3 is 14.7 Å². The molecule has 1 fully saturated rings. The molecule has 0 aromatic heterocycles. The first-order valence-electron chi connectivity index (χ1n) is 9.05. The van der Waals surface area contributed by atoms with Gasteiger partial charge in [0, 0.05) is 11.5 Å². The number of hydrogen-bond acceptors (Lipinski definition) is 6. The fourth-order valence-electron chi connectivity index (χ4n) is 4.90. The zero-order valence-electron chi connectivity index (χ0n) is 16.0. The maximum absolute atomic E-state index is 11.6. The van der Waals surface area contributed by atoms with Gasteiger partial charge in [-0.05, 0) is 69.5 Å². The zero-order chi connectivity index (χ0) is 19.2. The molecule has 7 heteroatoms. The van der Waals surface area contributed by atoms with Crippen molar-refractivity contribution < 1.29 is 22.4 Å². The molecule has 2 bridgehead atoms. The van der Waals surface area contributed by atoms with Crippen molar-refractivity contribution in [1.29, 1.82) is 0 Å². The zero-order valence-corrected chi connectivity index (χ0v) is 16.8. The summed E-state index contributed by atoms with van der Waals surface area (Å²) in [6.07, 6.45) is 3.90. The summed E-state index contributed by atoms with van der Waals surface area (Å²) >= 11 is 0. The number of ether oxygens (including phenoxy) is 1. The molecule has 26 heavy (non-hydrogen) atoms. The van der Waals surface area contributed by atoms with Crippen molar-refractivity contribution in [3.8, 4) is 5.75 Å². The van der Waals surface area contributed by atoms with Crippen molar-refractivity contribution >= 4 is 10.1 Å². The molecule has 0 amide bonds. The SMILES string of the molecule is COc1ccc2c(c1)[C@]1(CCCOS(C)(=O)=O)CCN(C)[C@H](C2)[C@]1(C)O. The smallest absolute Gasteiger partial charge is 0.264 e. The van der Waals surface area contributed by atoms with Gasteiger partial charge in [-0.3, -0.25) is 4.18 Å². The van der Waals surface area contributed by atoms with Crippen LogP contribution in [0.15, 0.2) is 18.2 Å². The summed E-state index contributed by atoms with van der Waals surface area (Å²) in [7, 11) is 0.256. The van der Waals surface area contributed by atoms with E-state index in [9.17, 15) is 13.5 Å². The second-order valence-corrected chi connectivity index (χ2v) is 9.48. The van der Waals surface area contributed by atoms with Crippen LogP contribution < -0.4 is 4.74 Å². The third-order valence-corrected chi connectivity index (χ3v) is 6.93. The lowest BCUT2D eigenvalue weighted by Crippen LogP contribution is -2.69. The number of methoxy groups -OCH3 is 1. The second kappa shape index (κ2) is 6.78. The molecule has 1 heterocycles. The van der Waals surface area contributed by atoms with E-state index in [4.69, 9.17) is 8.92 Å². The van der Waals surface area contributed by atoms with Crippen LogP contribution in [0, 0.1) is 0 Å². The number of fused-ring (bicyclic) bond motifs is 4. The van der Waals surface area contributed by atoms with Crippen LogP contribution in [0.4, 0.5) is 0 Å². The van der Waals surface area contributed by atoms with Gasteiger partial charge in [0.05, 0.1) is 25.6 Å². The maximum atomic E-state index is 11.6. The Morgan fingerprint density at radius 3 is 2.77 bits per heavy atom. The summed E-state index contributed by atoms with van der Waals surface area (Å²) in [5, 5.41) is 11.6. The minimum Gasteiger partial charge on any atom is -0.497 e. The highest BCUT2D eigenvalue weighted by atomic mass is 32.2. The number of benzene rings is 1. The Kier molecular flexibility index (Phi) is 5.11. The highest BCUT2D eigenvalue weighted by molar-refractivity contribution is 7.85. The molecule has 1 aliphatic heterocycles. The fourth-order valence-corrected chi connectivity index (χ4v) is 5.32. The summed E-state index contributed by atoms with van der Waals surface area (Å²) in [4.78, 5) is 2.23. The van der Waals surface area contributed by atoms with Crippen LogP contribution >= 0.6 is 0 Å². The summed E-state index contributed by atoms with van der Waals surface area (Å²) in [5.41, 5.74) is 1.01. The highest BCUT2D eigenvalue weighted by Gasteiger charge is 2.59. The lowest BCUT2D eigenvalue weighted by atomic mass is 9.53. The Bertz CT molecular complexity index is 776. The molecule has 0 unspecified atom stereocenters. The number of piperidine rings is 1. The summed E-state index contributed by atoms with van der Waals surface area (Å²) in [6, 6.07) is 6.14. The van der Waals surface area contributed by atoms with Gasteiger partial charge >= 0.3 is 0 Å². The predicted octanol–water partition coefficient (Wildman–Crippen LogP) is 1.70. The van der Waals surface area contributed by atoms with Gasteiger partial charge in [-0.1, -0.05) is 6.07 Å². The number of nitrogens with zero attached hydrogens (tertiary/aromatic N) is 1. The maximum Gasteiger partial charge on any atom is 0.264 e. The molecule has 3 atom stereocenters. The van der Waals surface area contributed by atoms with Gasteiger partial charge in [-0.25, -0.2) is 0 Å². The first-order chi connectivity index (χ1) is 12.1. The summed E-state index contributed by atoms with van der Waals surface area (Å²) in [6.45, 7) is 2.95. The van der Waals surface area contributed by atoms with Crippen molar-refractivity contribution in [2.75, 3.05) is 33.6 Å². The molecular formula is C19H29NO5S. The highest BCUT2D eigenvalue weighted by Crippen LogP contribution is 2.54. The van der Waals surface area contributed by atoms with Crippen LogP contribution in [-0.4, -0.2) is 63.6 Å². The Morgan fingerprint density at radius 1 is 1.38 bits per heavy atom. The largest absolute Gasteiger partial charge is 0.497 e. The lowest BCUT2D eigenvalue weighted by Gasteiger charge is -2.60. The van der Waals surface area contributed by atoms with Crippen LogP contribution in [0.25, 0.3) is 0 Å². The van der Waals surface area contributed by atoms with E-state index >= 15 is 0 Å². The van der Waals surface area contributed by atoms with Gasteiger partial charge in [0.2, 0.25) is 0 Å². The fraction of sp³-hybridized carbons (Fsp3) is 0.684. The Labute approximate surface area is 156 Å². The van der Waals surface area contributed by atoms with E-state index in [1.807, 2.05) is 19.1 Å². The molecule has 0 radical (unpaired) electrons. The minimum absolute atomic E-state index is 0.0352. The Hall–Kier alpha value is -1.15. The molecule has 1 saturated heterocycles. The first-order valence-corrected chi connectivity index (χ1v) is 10.9. The van der Waals surface area contributed by atoms with Gasteiger partial charge in [0.1, 0.15) is 5.75 Å². The van der Waals surface area contributed by atoms with Crippen molar-refractivity contribution in [3.05, 3.63) is 29.3 Å². The number of hydrogen-bond donors (Lipinski definition) is 1. The predicted molar refractivity (Wildman–Crippen MR) is 100 cm³/mol. The Balaban J connectivity index is 1.98. The molecule has 0 saturated carbocycles. The summed E-state index contributed by atoms with van der Waals surface area (Å²) < 4.78 is 32.9. The van der Waals surface area contributed by atoms with E-state index in [1.54, 1.807) is 7.11 Å². The van der Waals surface area contributed by atoms with Crippen LogP contribution in [0.5, 0.6) is 5.75 Å². The van der Waals surface area contributed by atoms with E-state index in [0.717, 1.165) is 37.0 Å². The average molecular weight is 384 g/mol. The van der Waals surface area contributed by atoms with Gasteiger partial charge in [0.15, 0.2) is 0 Å². The number of aliphatic hydroxyl groups is 1. The molecule has 1 aliphatic carbocycles. The standard InChI is InChI=1S/C19H29NO5S/c1-18(21)17-12-14-6-7-15(24-3)13-16(14)19(18,9-10-20(17)2)8-5-11-25-26(4,22)23/h6-7,13,17,21H,5,8-12H2,1-4H3/t17-,18+,19+/m1/s1. The number of likely N-dealkylation sites (tertiary alicyclic amines) is 1. The first kappa shape index (κ1) is 19.6.